The molecule has 0 unspecified atom stereocenters. The van der Waals surface area contributed by atoms with Gasteiger partial charge >= 0.3 is 0 Å². The topological polar surface area (TPSA) is 71.5 Å². The number of methoxy groups -OCH3 is 1. The van der Waals surface area contributed by atoms with Crippen LogP contribution in [-0.4, -0.2) is 23.9 Å². The lowest BCUT2D eigenvalue weighted by molar-refractivity contribution is -0.120. The zero-order chi connectivity index (χ0) is 24.5. The largest absolute Gasteiger partial charge is 0.497 e. The number of hydrogen-bond acceptors (Lipinski definition) is 4. The third kappa shape index (κ3) is 6.54. The monoisotopic (exact) mass is 465 g/mol. The molecule has 6 nitrogen and oxygen atoms in total. The number of carbonyl (C=O) groups excluding carboxylic acids is 2. The zero-order valence-electron chi connectivity index (χ0n) is 19.6. The van der Waals surface area contributed by atoms with Crippen molar-refractivity contribution >= 4 is 17.5 Å². The molecule has 0 aliphatic carbocycles. The van der Waals surface area contributed by atoms with E-state index in [9.17, 15) is 9.59 Å². The fraction of sp³-hybridized carbons (Fsp3) is 0.138. The van der Waals surface area contributed by atoms with Crippen LogP contribution in [0.15, 0.2) is 103 Å². The Labute approximate surface area is 205 Å². The van der Waals surface area contributed by atoms with Crippen LogP contribution in [-0.2, 0) is 24.3 Å². The first-order valence-corrected chi connectivity index (χ1v) is 11.4. The molecule has 0 atom stereocenters. The molecule has 0 aliphatic rings. The fourth-order valence-electron chi connectivity index (χ4n) is 3.69. The summed E-state index contributed by atoms with van der Waals surface area (Å²) in [6.45, 7) is 0.804. The number of amides is 2. The van der Waals surface area contributed by atoms with Gasteiger partial charge in [0.15, 0.2) is 0 Å². The minimum absolute atomic E-state index is 0.0861. The van der Waals surface area contributed by atoms with Crippen LogP contribution in [0, 0.1) is 0 Å². The Balaban J connectivity index is 1.49. The number of ether oxygens (including phenoxy) is 1. The number of pyridine rings is 1. The average Bonchev–Trinajstić information content (AvgIpc) is 2.92. The van der Waals surface area contributed by atoms with E-state index < -0.39 is 0 Å². The molecule has 0 aliphatic heterocycles. The first kappa shape index (κ1) is 23.7. The lowest BCUT2D eigenvalue weighted by Gasteiger charge is -2.24. The van der Waals surface area contributed by atoms with Crippen LogP contribution in [0.1, 0.15) is 27.2 Å². The second kappa shape index (κ2) is 11.6. The molecule has 0 spiro atoms. The van der Waals surface area contributed by atoms with Crippen molar-refractivity contribution in [1.82, 2.24) is 10.3 Å². The van der Waals surface area contributed by atoms with E-state index in [2.05, 4.69) is 10.3 Å². The predicted molar refractivity (Wildman–Crippen MR) is 136 cm³/mol. The van der Waals surface area contributed by atoms with Crippen LogP contribution < -0.4 is 15.0 Å². The maximum atomic E-state index is 13.5. The van der Waals surface area contributed by atoms with Crippen molar-refractivity contribution in [2.75, 3.05) is 12.0 Å². The van der Waals surface area contributed by atoms with Crippen molar-refractivity contribution in [2.24, 2.45) is 0 Å². The summed E-state index contributed by atoms with van der Waals surface area (Å²) in [6.07, 6.45) is 1.95. The van der Waals surface area contributed by atoms with Gasteiger partial charge in [0, 0.05) is 17.4 Å². The molecule has 1 N–H and O–H groups in total. The second-order valence-electron chi connectivity index (χ2n) is 8.05. The summed E-state index contributed by atoms with van der Waals surface area (Å²) in [4.78, 5) is 31.8. The molecule has 0 saturated carbocycles. The lowest BCUT2D eigenvalue weighted by Crippen LogP contribution is -2.30. The number of hydrogen-bond donors (Lipinski definition) is 1. The van der Waals surface area contributed by atoms with Crippen LogP contribution in [0.5, 0.6) is 5.75 Å². The summed E-state index contributed by atoms with van der Waals surface area (Å²) >= 11 is 0. The van der Waals surface area contributed by atoms with Crippen molar-refractivity contribution in [3.05, 3.63) is 126 Å². The van der Waals surface area contributed by atoms with E-state index in [4.69, 9.17) is 4.74 Å². The number of rotatable bonds is 9. The first-order valence-electron chi connectivity index (χ1n) is 11.4. The molecule has 4 rings (SSSR count). The summed E-state index contributed by atoms with van der Waals surface area (Å²) in [5.74, 6) is 0.410. The van der Waals surface area contributed by atoms with E-state index in [0.717, 1.165) is 22.5 Å². The van der Waals surface area contributed by atoms with Crippen LogP contribution in [0.4, 0.5) is 5.69 Å². The summed E-state index contributed by atoms with van der Waals surface area (Å²) < 4.78 is 5.30. The number of benzene rings is 3. The van der Waals surface area contributed by atoms with E-state index in [1.165, 1.54) is 0 Å². The summed E-state index contributed by atoms with van der Waals surface area (Å²) in [5.41, 5.74) is 3.98. The Hall–Kier alpha value is -4.45. The van der Waals surface area contributed by atoms with Crippen molar-refractivity contribution < 1.29 is 14.3 Å². The van der Waals surface area contributed by atoms with E-state index in [1.54, 1.807) is 36.4 Å². The summed E-state index contributed by atoms with van der Waals surface area (Å²) in [7, 11) is 1.58. The van der Waals surface area contributed by atoms with Crippen molar-refractivity contribution in [3.63, 3.8) is 0 Å². The normalized spacial score (nSPS) is 10.4. The molecule has 3 aromatic carbocycles. The first-order chi connectivity index (χ1) is 17.1. The molecule has 4 aromatic rings. The molecule has 6 heteroatoms. The van der Waals surface area contributed by atoms with Gasteiger partial charge in [-0.1, -0.05) is 54.6 Å². The second-order valence-corrected chi connectivity index (χ2v) is 8.05. The molecular weight excluding hydrogens is 438 g/mol. The van der Waals surface area contributed by atoms with Gasteiger partial charge in [-0.25, -0.2) is 0 Å². The maximum Gasteiger partial charge on any atom is 0.258 e. The third-order valence-electron chi connectivity index (χ3n) is 5.55. The molecule has 0 saturated heterocycles. The predicted octanol–water partition coefficient (Wildman–Crippen LogP) is 4.80. The maximum absolute atomic E-state index is 13.5. The highest BCUT2D eigenvalue weighted by atomic mass is 16.5. The van der Waals surface area contributed by atoms with Crippen molar-refractivity contribution in [2.45, 2.75) is 19.5 Å². The molecule has 0 radical (unpaired) electrons. The van der Waals surface area contributed by atoms with Crippen molar-refractivity contribution in [1.29, 1.82) is 0 Å². The highest BCUT2D eigenvalue weighted by Crippen LogP contribution is 2.23. The Kier molecular flexibility index (Phi) is 7.86. The quantitative estimate of drug-likeness (QED) is 0.386. The SMILES string of the molecule is COc1cccc(C(=O)N(Cc2ccccc2)c2ccc(CC(=O)NCc3ccccn3)cc2)c1. The van der Waals surface area contributed by atoms with Crippen LogP contribution in [0.3, 0.4) is 0 Å². The minimum atomic E-state index is -0.131. The van der Waals surface area contributed by atoms with Gasteiger partial charge in [-0.15, -0.1) is 0 Å². The average molecular weight is 466 g/mol. The van der Waals surface area contributed by atoms with Crippen LogP contribution in [0.25, 0.3) is 0 Å². The summed E-state index contributed by atoms with van der Waals surface area (Å²) in [5, 5.41) is 2.89. The summed E-state index contributed by atoms with van der Waals surface area (Å²) in [6, 6.07) is 30.1. The Bertz CT molecular complexity index is 1260. The van der Waals surface area contributed by atoms with Gasteiger partial charge < -0.3 is 15.0 Å². The molecule has 0 bridgehead atoms. The number of nitrogens with one attached hydrogen (secondary N) is 1. The van der Waals surface area contributed by atoms with E-state index in [0.29, 0.717) is 24.4 Å². The van der Waals surface area contributed by atoms with Crippen LogP contribution in [0.2, 0.25) is 0 Å². The lowest BCUT2D eigenvalue weighted by atomic mass is 10.1. The fourth-order valence-corrected chi connectivity index (χ4v) is 3.69. The molecule has 1 aromatic heterocycles. The van der Waals surface area contributed by atoms with E-state index >= 15 is 0 Å². The number of nitrogens with zero attached hydrogens (tertiary/aromatic N) is 2. The molecule has 0 fully saturated rings. The highest BCUT2D eigenvalue weighted by molar-refractivity contribution is 6.06. The van der Waals surface area contributed by atoms with Gasteiger partial charge in [0.05, 0.1) is 32.3 Å². The van der Waals surface area contributed by atoms with Gasteiger partial charge in [0.2, 0.25) is 5.91 Å². The number of carbonyl (C=O) groups is 2. The Morgan fingerprint density at radius 1 is 0.857 bits per heavy atom. The molecular formula is C29H27N3O3. The zero-order valence-corrected chi connectivity index (χ0v) is 19.6. The van der Waals surface area contributed by atoms with Gasteiger partial charge in [0.25, 0.3) is 5.91 Å². The molecule has 176 valence electrons. The molecule has 1 heterocycles. The van der Waals surface area contributed by atoms with E-state index in [1.807, 2.05) is 78.9 Å². The third-order valence-corrected chi connectivity index (χ3v) is 5.55. The number of anilines is 1. The van der Waals surface area contributed by atoms with Crippen LogP contribution >= 0.6 is 0 Å². The highest BCUT2D eigenvalue weighted by Gasteiger charge is 2.19. The number of aromatic nitrogens is 1. The smallest absolute Gasteiger partial charge is 0.258 e. The molecule has 35 heavy (non-hydrogen) atoms. The molecule has 2 amide bonds. The van der Waals surface area contributed by atoms with Gasteiger partial charge in [0.1, 0.15) is 5.75 Å². The Morgan fingerprint density at radius 3 is 2.34 bits per heavy atom. The van der Waals surface area contributed by atoms with Gasteiger partial charge in [-0.2, -0.15) is 0 Å². The minimum Gasteiger partial charge on any atom is -0.497 e. The van der Waals surface area contributed by atoms with Gasteiger partial charge in [-0.3, -0.25) is 14.6 Å². The van der Waals surface area contributed by atoms with Gasteiger partial charge in [-0.05, 0) is 53.6 Å². The Morgan fingerprint density at radius 2 is 1.63 bits per heavy atom. The van der Waals surface area contributed by atoms with Crippen molar-refractivity contribution in [3.8, 4) is 5.75 Å². The standard InChI is InChI=1S/C29H27N3O3/c1-35-27-12-7-10-24(19-27)29(34)32(21-23-8-3-2-4-9-23)26-15-13-22(14-16-26)18-28(33)31-20-25-11-5-6-17-30-25/h2-17,19H,18,20-21H2,1H3,(H,31,33). The van der Waals surface area contributed by atoms with E-state index in [-0.39, 0.29) is 18.2 Å².